The largest absolute Gasteiger partial charge is 0.481 e. The van der Waals surface area contributed by atoms with Crippen molar-refractivity contribution in [3.8, 4) is 11.8 Å². The van der Waals surface area contributed by atoms with Gasteiger partial charge in [0.15, 0.2) is 5.75 Å². The van der Waals surface area contributed by atoms with E-state index in [4.69, 9.17) is 15.2 Å². The maximum absolute atomic E-state index is 10.8. The Kier molecular flexibility index (Phi) is 3.58. The zero-order valence-electron chi connectivity index (χ0n) is 9.67. The quantitative estimate of drug-likeness (QED) is 0.826. The Labute approximate surface area is 104 Å². The minimum absolute atomic E-state index is 0.340. The number of nitriles is 1. The lowest BCUT2D eigenvalue weighted by molar-refractivity contribution is -0.141. The van der Waals surface area contributed by atoms with Crippen molar-refractivity contribution in [2.75, 3.05) is 0 Å². The number of nitrogens with zero attached hydrogens (tertiary/aromatic N) is 2. The smallest absolute Gasteiger partial charge is 0.306 e. The summed E-state index contributed by atoms with van der Waals surface area (Å²) in [6.07, 6.45) is 1.73. The number of carboxylic acid groups (broad SMARTS) is 1. The molecule has 18 heavy (non-hydrogen) atoms. The normalized spacial score (nSPS) is 20.6. The van der Waals surface area contributed by atoms with Crippen molar-refractivity contribution in [2.24, 2.45) is 11.1 Å². The van der Waals surface area contributed by atoms with Gasteiger partial charge in [-0.25, -0.2) is 0 Å². The molecule has 0 heterocycles. The van der Waals surface area contributed by atoms with Gasteiger partial charge in [0.05, 0.1) is 23.3 Å². The van der Waals surface area contributed by atoms with Gasteiger partial charge >= 0.3 is 5.97 Å². The third-order valence-corrected chi connectivity index (χ3v) is 2.88. The molecule has 1 unspecified atom stereocenters. The topological polar surface area (TPSA) is 82.7 Å². The summed E-state index contributed by atoms with van der Waals surface area (Å²) in [6, 6.07) is 8.62. The monoisotopic (exact) mass is 244 g/mol. The van der Waals surface area contributed by atoms with Gasteiger partial charge in [0, 0.05) is 6.42 Å². The standard InChI is InChI=1S/C13H12N2O3/c14-8-9-1-5-12(6-2-9)18-15-11-4-3-10(7-11)13(16)17/h1-2,5-6,10H,3-4,7H2,(H,16,17)/b15-11+. The van der Waals surface area contributed by atoms with Crippen molar-refractivity contribution >= 4 is 11.7 Å². The Hall–Kier alpha value is -2.35. The Morgan fingerprint density at radius 1 is 1.44 bits per heavy atom. The van der Waals surface area contributed by atoms with Crippen molar-refractivity contribution < 1.29 is 14.7 Å². The van der Waals surface area contributed by atoms with Crippen molar-refractivity contribution in [1.82, 2.24) is 0 Å². The van der Waals surface area contributed by atoms with Gasteiger partial charge in [-0.05, 0) is 37.1 Å². The molecule has 0 aromatic heterocycles. The minimum Gasteiger partial charge on any atom is -0.481 e. The van der Waals surface area contributed by atoms with Crippen LogP contribution in [0.1, 0.15) is 24.8 Å². The molecule has 0 radical (unpaired) electrons. The van der Waals surface area contributed by atoms with E-state index in [1.165, 1.54) is 0 Å². The van der Waals surface area contributed by atoms with Crippen molar-refractivity contribution in [3.63, 3.8) is 0 Å². The zero-order chi connectivity index (χ0) is 13.0. The van der Waals surface area contributed by atoms with Crippen LogP contribution in [0.3, 0.4) is 0 Å². The average Bonchev–Trinajstić information content (AvgIpc) is 2.86. The Morgan fingerprint density at radius 2 is 2.17 bits per heavy atom. The summed E-state index contributed by atoms with van der Waals surface area (Å²) >= 11 is 0. The molecule has 92 valence electrons. The Balaban J connectivity index is 1.95. The summed E-state index contributed by atoms with van der Waals surface area (Å²) in [6.45, 7) is 0. The van der Waals surface area contributed by atoms with E-state index in [-0.39, 0.29) is 5.92 Å². The van der Waals surface area contributed by atoms with Crippen LogP contribution in [-0.4, -0.2) is 16.8 Å². The van der Waals surface area contributed by atoms with E-state index in [0.29, 0.717) is 30.6 Å². The average molecular weight is 244 g/mol. The number of benzene rings is 1. The van der Waals surface area contributed by atoms with E-state index in [1.807, 2.05) is 6.07 Å². The molecule has 0 amide bonds. The van der Waals surface area contributed by atoms with Crippen LogP contribution >= 0.6 is 0 Å². The third kappa shape index (κ3) is 2.86. The summed E-state index contributed by atoms with van der Waals surface area (Å²) in [4.78, 5) is 16.0. The summed E-state index contributed by atoms with van der Waals surface area (Å²) in [5.74, 6) is -0.577. The van der Waals surface area contributed by atoms with E-state index >= 15 is 0 Å². The van der Waals surface area contributed by atoms with Crippen LogP contribution in [0.15, 0.2) is 29.4 Å². The number of hydrogen-bond donors (Lipinski definition) is 1. The van der Waals surface area contributed by atoms with Crippen LogP contribution in [0.5, 0.6) is 5.75 Å². The van der Waals surface area contributed by atoms with Gasteiger partial charge in [0.25, 0.3) is 0 Å². The number of oxime groups is 1. The highest BCUT2D eigenvalue weighted by Gasteiger charge is 2.27. The summed E-state index contributed by atoms with van der Waals surface area (Å²) in [7, 11) is 0. The molecule has 1 saturated carbocycles. The van der Waals surface area contributed by atoms with Crippen LogP contribution in [0.25, 0.3) is 0 Å². The number of rotatable bonds is 3. The predicted molar refractivity (Wildman–Crippen MR) is 64.2 cm³/mol. The van der Waals surface area contributed by atoms with E-state index in [0.717, 1.165) is 5.71 Å². The molecule has 2 rings (SSSR count). The van der Waals surface area contributed by atoms with Crippen LogP contribution in [-0.2, 0) is 4.79 Å². The molecule has 0 aliphatic heterocycles. The van der Waals surface area contributed by atoms with Gasteiger partial charge in [0.2, 0.25) is 0 Å². The van der Waals surface area contributed by atoms with Gasteiger partial charge in [-0.1, -0.05) is 5.16 Å². The number of aliphatic carboxylic acids is 1. The molecular weight excluding hydrogens is 232 g/mol. The van der Waals surface area contributed by atoms with E-state index in [2.05, 4.69) is 5.16 Å². The van der Waals surface area contributed by atoms with Crippen LogP contribution in [0.2, 0.25) is 0 Å². The molecule has 5 heteroatoms. The first-order valence-corrected chi connectivity index (χ1v) is 5.65. The highest BCUT2D eigenvalue weighted by molar-refractivity contribution is 5.91. The number of carboxylic acids is 1. The van der Waals surface area contributed by atoms with Crippen molar-refractivity contribution in [1.29, 1.82) is 5.26 Å². The third-order valence-electron chi connectivity index (χ3n) is 2.88. The minimum atomic E-state index is -0.779. The van der Waals surface area contributed by atoms with Gasteiger partial charge in [-0.3, -0.25) is 4.79 Å². The molecular formula is C13H12N2O3. The molecule has 1 fully saturated rings. The number of hydrogen-bond acceptors (Lipinski definition) is 4. The molecule has 1 aliphatic rings. The maximum Gasteiger partial charge on any atom is 0.306 e. The molecule has 0 spiro atoms. The first-order valence-electron chi connectivity index (χ1n) is 5.65. The highest BCUT2D eigenvalue weighted by atomic mass is 16.6. The predicted octanol–water partition coefficient (Wildman–Crippen LogP) is 2.18. The second-order valence-electron chi connectivity index (χ2n) is 4.16. The van der Waals surface area contributed by atoms with E-state index < -0.39 is 5.97 Å². The first kappa shape index (κ1) is 12.1. The van der Waals surface area contributed by atoms with Gasteiger partial charge in [0.1, 0.15) is 0 Å². The van der Waals surface area contributed by atoms with Crippen LogP contribution < -0.4 is 4.84 Å². The van der Waals surface area contributed by atoms with Crippen molar-refractivity contribution in [2.45, 2.75) is 19.3 Å². The lowest BCUT2D eigenvalue weighted by Crippen LogP contribution is -2.09. The van der Waals surface area contributed by atoms with Crippen molar-refractivity contribution in [3.05, 3.63) is 29.8 Å². The van der Waals surface area contributed by atoms with Crippen LogP contribution in [0, 0.1) is 17.2 Å². The fourth-order valence-corrected chi connectivity index (χ4v) is 1.83. The Bertz CT molecular complexity index is 514. The molecule has 5 nitrogen and oxygen atoms in total. The molecule has 0 saturated heterocycles. The van der Waals surface area contributed by atoms with E-state index in [1.54, 1.807) is 24.3 Å². The molecule has 1 N–H and O–H groups in total. The molecule has 0 bridgehead atoms. The van der Waals surface area contributed by atoms with Gasteiger partial charge < -0.3 is 9.94 Å². The fourth-order valence-electron chi connectivity index (χ4n) is 1.83. The Morgan fingerprint density at radius 3 is 2.72 bits per heavy atom. The SMILES string of the molecule is N#Cc1ccc(O/N=C2\CCC(C(=O)O)C2)cc1. The second kappa shape index (κ2) is 5.32. The second-order valence-corrected chi connectivity index (χ2v) is 4.16. The van der Waals surface area contributed by atoms with E-state index in [9.17, 15) is 4.79 Å². The lowest BCUT2D eigenvalue weighted by Gasteiger charge is -2.00. The number of carbonyl (C=O) groups is 1. The van der Waals surface area contributed by atoms with Crippen LogP contribution in [0.4, 0.5) is 0 Å². The summed E-state index contributed by atoms with van der Waals surface area (Å²) < 4.78 is 0. The first-order chi connectivity index (χ1) is 8.69. The molecule has 1 atom stereocenters. The summed E-state index contributed by atoms with van der Waals surface area (Å²) in [5.41, 5.74) is 1.33. The van der Waals surface area contributed by atoms with Gasteiger partial charge in [-0.15, -0.1) is 0 Å². The molecule has 1 aromatic rings. The fraction of sp³-hybridized carbons (Fsp3) is 0.308. The maximum atomic E-state index is 10.8. The molecule has 1 aromatic carbocycles. The zero-order valence-corrected chi connectivity index (χ0v) is 9.67. The molecule has 1 aliphatic carbocycles. The lowest BCUT2D eigenvalue weighted by atomic mass is 10.1. The summed E-state index contributed by atoms with van der Waals surface area (Å²) in [5, 5.41) is 21.4. The highest BCUT2D eigenvalue weighted by Crippen LogP contribution is 2.23. The van der Waals surface area contributed by atoms with Gasteiger partial charge in [-0.2, -0.15) is 5.26 Å².